The Morgan fingerprint density at radius 2 is 2.33 bits per heavy atom. The zero-order valence-corrected chi connectivity index (χ0v) is 12.5. The average molecular weight is 289 g/mol. The van der Waals surface area contributed by atoms with E-state index in [4.69, 9.17) is 4.74 Å². The summed E-state index contributed by atoms with van der Waals surface area (Å²) < 4.78 is 6.00. The van der Waals surface area contributed by atoms with Crippen LogP contribution in [0.15, 0.2) is 18.2 Å². The van der Waals surface area contributed by atoms with Gasteiger partial charge in [-0.2, -0.15) is 0 Å². The van der Waals surface area contributed by atoms with Crippen LogP contribution in [-0.2, 0) is 16.0 Å². The van der Waals surface area contributed by atoms with Gasteiger partial charge in [-0.3, -0.25) is 4.90 Å². The average Bonchev–Trinajstić information content (AvgIpc) is 2.47. The second-order valence-electron chi connectivity index (χ2n) is 6.12. The van der Waals surface area contributed by atoms with E-state index in [2.05, 4.69) is 4.90 Å². The minimum Gasteiger partial charge on any atom is -0.508 e. The molecule has 1 heterocycles. The predicted octanol–water partition coefficient (Wildman–Crippen LogP) is 2.45. The summed E-state index contributed by atoms with van der Waals surface area (Å²) in [4.78, 5) is 13.6. The molecule has 114 valence electrons. The molecular formula is C17H23NO3. The van der Waals surface area contributed by atoms with Gasteiger partial charge in [0.1, 0.15) is 11.5 Å². The Kier molecular flexibility index (Phi) is 4.27. The van der Waals surface area contributed by atoms with Gasteiger partial charge in [-0.1, -0.05) is 6.07 Å². The Bertz CT molecular complexity index is 529. The quantitative estimate of drug-likeness (QED) is 0.925. The lowest BCUT2D eigenvalue weighted by Crippen LogP contribution is -2.49. The Balaban J connectivity index is 1.73. The Labute approximate surface area is 125 Å². The number of phenols is 1. The van der Waals surface area contributed by atoms with E-state index in [9.17, 15) is 9.90 Å². The van der Waals surface area contributed by atoms with Gasteiger partial charge in [0.05, 0.1) is 12.7 Å². The highest BCUT2D eigenvalue weighted by molar-refractivity contribution is 5.75. The molecule has 3 rings (SSSR count). The van der Waals surface area contributed by atoms with Crippen molar-refractivity contribution in [2.75, 3.05) is 19.7 Å². The van der Waals surface area contributed by atoms with Crippen LogP contribution in [0.25, 0.3) is 0 Å². The molecule has 1 saturated heterocycles. The van der Waals surface area contributed by atoms with Crippen LogP contribution in [-0.4, -0.2) is 41.5 Å². The SMILES string of the molecule is CC(=O)CCCN1CCO[C@@H]2c3cc(O)ccc3CC[C@H]21. The van der Waals surface area contributed by atoms with Gasteiger partial charge in [-0.05, 0) is 56.0 Å². The van der Waals surface area contributed by atoms with Gasteiger partial charge in [-0.25, -0.2) is 0 Å². The minimum atomic E-state index is 0.0620. The first-order valence-electron chi connectivity index (χ1n) is 7.82. The van der Waals surface area contributed by atoms with Gasteiger partial charge < -0.3 is 14.6 Å². The van der Waals surface area contributed by atoms with Crippen molar-refractivity contribution in [1.82, 2.24) is 4.90 Å². The summed E-state index contributed by atoms with van der Waals surface area (Å²) in [7, 11) is 0. The molecular weight excluding hydrogens is 266 g/mol. The summed E-state index contributed by atoms with van der Waals surface area (Å²) in [6.45, 7) is 4.27. The first-order valence-corrected chi connectivity index (χ1v) is 7.82. The molecule has 1 fully saturated rings. The lowest BCUT2D eigenvalue weighted by atomic mass is 9.84. The Morgan fingerprint density at radius 3 is 3.14 bits per heavy atom. The molecule has 1 aromatic carbocycles. The summed E-state index contributed by atoms with van der Waals surface area (Å²) in [5.74, 6) is 0.574. The monoisotopic (exact) mass is 289 g/mol. The molecule has 21 heavy (non-hydrogen) atoms. The number of Topliss-reactive ketones (excluding diaryl/α,β-unsaturated/α-hetero) is 1. The molecule has 0 bridgehead atoms. The van der Waals surface area contributed by atoms with E-state index in [0.29, 0.717) is 18.2 Å². The highest BCUT2D eigenvalue weighted by Gasteiger charge is 2.37. The number of ketones is 1. The zero-order valence-electron chi connectivity index (χ0n) is 12.5. The molecule has 4 nitrogen and oxygen atoms in total. The number of aromatic hydroxyl groups is 1. The molecule has 1 N–H and O–H groups in total. The standard InChI is InChI=1S/C17H23NO3/c1-12(19)3-2-8-18-9-10-21-17-15-11-14(20)6-4-13(15)5-7-16(17)18/h4,6,11,16-17,20H,2-3,5,7-10H2,1H3/t16-,17-/m1/s1. The number of carbonyl (C=O) groups is 1. The van der Waals surface area contributed by atoms with E-state index in [1.807, 2.05) is 12.1 Å². The number of hydrogen-bond donors (Lipinski definition) is 1. The normalized spacial score (nSPS) is 25.2. The molecule has 0 unspecified atom stereocenters. The highest BCUT2D eigenvalue weighted by Crippen LogP contribution is 2.39. The van der Waals surface area contributed by atoms with Crippen LogP contribution >= 0.6 is 0 Å². The highest BCUT2D eigenvalue weighted by atomic mass is 16.5. The van der Waals surface area contributed by atoms with E-state index in [0.717, 1.165) is 44.5 Å². The van der Waals surface area contributed by atoms with Crippen LogP contribution in [0, 0.1) is 0 Å². The third-order valence-electron chi connectivity index (χ3n) is 4.61. The van der Waals surface area contributed by atoms with Crippen LogP contribution in [0.2, 0.25) is 0 Å². The van der Waals surface area contributed by atoms with Gasteiger partial charge in [0.15, 0.2) is 0 Å². The number of fused-ring (bicyclic) bond motifs is 3. The van der Waals surface area contributed by atoms with E-state index in [1.165, 1.54) is 5.56 Å². The first kappa shape index (κ1) is 14.5. The van der Waals surface area contributed by atoms with E-state index in [-0.39, 0.29) is 11.9 Å². The van der Waals surface area contributed by atoms with Crippen LogP contribution < -0.4 is 0 Å². The van der Waals surface area contributed by atoms with Crippen molar-refractivity contribution in [3.8, 4) is 5.75 Å². The summed E-state index contributed by atoms with van der Waals surface area (Å²) >= 11 is 0. The topological polar surface area (TPSA) is 49.8 Å². The number of carbonyl (C=O) groups excluding carboxylic acids is 1. The molecule has 4 heteroatoms. The van der Waals surface area contributed by atoms with E-state index >= 15 is 0 Å². The molecule has 0 saturated carbocycles. The van der Waals surface area contributed by atoms with Crippen molar-refractivity contribution in [3.63, 3.8) is 0 Å². The smallest absolute Gasteiger partial charge is 0.129 e. The predicted molar refractivity (Wildman–Crippen MR) is 80.4 cm³/mol. The largest absolute Gasteiger partial charge is 0.508 e. The second-order valence-corrected chi connectivity index (χ2v) is 6.12. The number of hydrogen-bond acceptors (Lipinski definition) is 4. The van der Waals surface area contributed by atoms with E-state index in [1.54, 1.807) is 13.0 Å². The fourth-order valence-electron chi connectivity index (χ4n) is 3.58. The fourth-order valence-corrected chi connectivity index (χ4v) is 3.58. The van der Waals surface area contributed by atoms with E-state index < -0.39 is 0 Å². The van der Waals surface area contributed by atoms with Crippen LogP contribution in [0.3, 0.4) is 0 Å². The molecule has 1 aliphatic carbocycles. The number of aryl methyl sites for hydroxylation is 1. The maximum atomic E-state index is 11.1. The maximum Gasteiger partial charge on any atom is 0.129 e. The Hall–Kier alpha value is -1.39. The summed E-state index contributed by atoms with van der Waals surface area (Å²) in [6, 6.07) is 6.00. The first-order chi connectivity index (χ1) is 10.1. The lowest BCUT2D eigenvalue weighted by Gasteiger charge is -2.44. The van der Waals surface area contributed by atoms with Gasteiger partial charge in [0.25, 0.3) is 0 Å². The number of nitrogens with zero attached hydrogens (tertiary/aromatic N) is 1. The van der Waals surface area contributed by atoms with Crippen molar-refractivity contribution < 1.29 is 14.6 Å². The van der Waals surface area contributed by atoms with Gasteiger partial charge >= 0.3 is 0 Å². The number of ether oxygens (including phenoxy) is 1. The van der Waals surface area contributed by atoms with Gasteiger partial charge in [-0.15, -0.1) is 0 Å². The van der Waals surface area contributed by atoms with Gasteiger partial charge in [0, 0.05) is 19.0 Å². The molecule has 0 amide bonds. The van der Waals surface area contributed by atoms with Gasteiger partial charge in [0.2, 0.25) is 0 Å². The zero-order chi connectivity index (χ0) is 14.8. The maximum absolute atomic E-state index is 11.1. The fraction of sp³-hybridized carbons (Fsp3) is 0.588. The van der Waals surface area contributed by atoms with Crippen molar-refractivity contribution in [2.24, 2.45) is 0 Å². The van der Waals surface area contributed by atoms with Crippen LogP contribution in [0.5, 0.6) is 5.75 Å². The molecule has 1 aromatic rings. The Morgan fingerprint density at radius 1 is 1.48 bits per heavy atom. The molecule has 2 aliphatic rings. The second kappa shape index (κ2) is 6.16. The number of morpholine rings is 1. The molecule has 0 radical (unpaired) electrons. The summed E-state index contributed by atoms with van der Waals surface area (Å²) in [6.07, 6.45) is 3.76. The van der Waals surface area contributed by atoms with Crippen LogP contribution in [0.4, 0.5) is 0 Å². The number of rotatable bonds is 4. The van der Waals surface area contributed by atoms with Crippen molar-refractivity contribution >= 4 is 5.78 Å². The number of phenolic OH excluding ortho intramolecular Hbond substituents is 1. The van der Waals surface area contributed by atoms with Crippen molar-refractivity contribution in [2.45, 2.75) is 44.8 Å². The summed E-state index contributed by atoms with van der Waals surface area (Å²) in [5.41, 5.74) is 2.43. The third kappa shape index (κ3) is 3.11. The molecule has 0 spiro atoms. The van der Waals surface area contributed by atoms with Crippen molar-refractivity contribution in [3.05, 3.63) is 29.3 Å². The molecule has 2 atom stereocenters. The third-order valence-corrected chi connectivity index (χ3v) is 4.61. The van der Waals surface area contributed by atoms with Crippen LogP contribution in [0.1, 0.15) is 43.4 Å². The molecule has 0 aromatic heterocycles. The molecule has 1 aliphatic heterocycles. The lowest BCUT2D eigenvalue weighted by molar-refractivity contribution is -0.117. The van der Waals surface area contributed by atoms with Crippen molar-refractivity contribution in [1.29, 1.82) is 0 Å². The number of benzene rings is 1. The summed E-state index contributed by atoms with van der Waals surface area (Å²) in [5, 5.41) is 9.74. The minimum absolute atomic E-state index is 0.0620.